The van der Waals surface area contributed by atoms with E-state index in [1.807, 2.05) is 36.1 Å². The number of ether oxygens (including phenoxy) is 3. The lowest BCUT2D eigenvalue weighted by Crippen LogP contribution is -2.37. The zero-order chi connectivity index (χ0) is 20.6. The average Bonchev–Trinajstić information content (AvgIpc) is 2.78. The van der Waals surface area contributed by atoms with Gasteiger partial charge in [-0.1, -0.05) is 0 Å². The van der Waals surface area contributed by atoms with Crippen LogP contribution >= 0.6 is 17.0 Å². The van der Waals surface area contributed by atoms with Crippen molar-refractivity contribution in [3.8, 4) is 17.2 Å². The number of carbonyl (C=O) groups is 1. The van der Waals surface area contributed by atoms with E-state index in [1.54, 1.807) is 32.4 Å². The van der Waals surface area contributed by atoms with Crippen molar-refractivity contribution in [2.75, 3.05) is 38.8 Å². The molecular weight excluding hydrogens is 448 g/mol. The number of Topliss-reactive ketones (excluding diaryl/α,β-unsaturated/α-hetero) is 1. The largest absolute Gasteiger partial charge is 0.494 e. The van der Waals surface area contributed by atoms with Crippen LogP contribution in [0.25, 0.3) is 0 Å². The molecule has 0 atom stereocenters. The van der Waals surface area contributed by atoms with Gasteiger partial charge in [-0.2, -0.15) is 0 Å². The Morgan fingerprint density at radius 2 is 1.77 bits per heavy atom. The van der Waals surface area contributed by atoms with Crippen LogP contribution in [-0.2, 0) is 0 Å². The topological polar surface area (TPSA) is 60.4 Å². The minimum atomic E-state index is -0.00638. The van der Waals surface area contributed by atoms with E-state index in [4.69, 9.17) is 14.2 Å². The lowest BCUT2D eigenvalue weighted by Gasteiger charge is -2.28. The normalized spacial score (nSPS) is 13.0. The fourth-order valence-corrected chi connectivity index (χ4v) is 3.37. The molecule has 0 saturated heterocycles. The zero-order valence-electron chi connectivity index (χ0n) is 17.7. The summed E-state index contributed by atoms with van der Waals surface area (Å²) in [5.74, 6) is 2.90. The number of benzene rings is 2. The zero-order valence-corrected chi connectivity index (χ0v) is 19.4. The highest BCUT2D eigenvalue weighted by molar-refractivity contribution is 8.93. The Morgan fingerprint density at radius 3 is 2.37 bits per heavy atom. The van der Waals surface area contributed by atoms with Crippen LogP contribution in [0.1, 0.15) is 36.5 Å². The van der Waals surface area contributed by atoms with Gasteiger partial charge < -0.3 is 19.1 Å². The maximum atomic E-state index is 13.1. The first-order valence-corrected chi connectivity index (χ1v) is 9.95. The molecule has 1 aliphatic heterocycles. The van der Waals surface area contributed by atoms with Crippen LogP contribution in [-0.4, -0.2) is 45.5 Å². The van der Waals surface area contributed by atoms with Crippen LogP contribution in [0.3, 0.4) is 0 Å². The number of anilines is 1. The van der Waals surface area contributed by atoms with Crippen molar-refractivity contribution >= 4 is 34.3 Å². The van der Waals surface area contributed by atoms with E-state index in [0.717, 1.165) is 43.1 Å². The molecule has 7 heteroatoms. The van der Waals surface area contributed by atoms with Crippen molar-refractivity contribution in [1.82, 2.24) is 0 Å². The molecule has 0 N–H and O–H groups in total. The van der Waals surface area contributed by atoms with Gasteiger partial charge in [0.2, 0.25) is 0 Å². The maximum Gasteiger partial charge on any atom is 0.182 e. The summed E-state index contributed by atoms with van der Waals surface area (Å²) in [5.41, 5.74) is 1.51. The quantitative estimate of drug-likeness (QED) is 0.504. The Kier molecular flexibility index (Phi) is 9.17. The van der Waals surface area contributed by atoms with Crippen molar-refractivity contribution < 1.29 is 19.0 Å². The number of ketones is 1. The molecule has 2 aromatic carbocycles. The Balaban J connectivity index is 0.00000320. The van der Waals surface area contributed by atoms with Crippen molar-refractivity contribution in [2.45, 2.75) is 26.2 Å². The minimum absolute atomic E-state index is 0. The molecule has 1 heterocycles. The van der Waals surface area contributed by atoms with E-state index in [9.17, 15) is 4.79 Å². The van der Waals surface area contributed by atoms with Gasteiger partial charge in [-0.05, 0) is 62.2 Å². The number of aliphatic imine (C=N–C) groups is 1. The van der Waals surface area contributed by atoms with Gasteiger partial charge in [0, 0.05) is 24.2 Å². The molecule has 0 aliphatic carbocycles. The summed E-state index contributed by atoms with van der Waals surface area (Å²) in [6.45, 7) is 3.59. The third kappa shape index (κ3) is 5.75. The van der Waals surface area contributed by atoms with Gasteiger partial charge >= 0.3 is 0 Å². The smallest absolute Gasteiger partial charge is 0.182 e. The molecule has 162 valence electrons. The fourth-order valence-electron chi connectivity index (χ4n) is 3.37. The Bertz CT molecular complexity index is 868. The average molecular weight is 477 g/mol. The SMILES string of the molecule is Br.CCOc1ccc(N(CC(=O)c2ccc(OC)c(OC)c2)C2=NCCCC2)cc1. The molecule has 0 unspecified atom stereocenters. The number of carbonyl (C=O) groups excluding carboxylic acids is 1. The second kappa shape index (κ2) is 11.6. The van der Waals surface area contributed by atoms with Gasteiger partial charge in [0.15, 0.2) is 17.3 Å². The van der Waals surface area contributed by atoms with Gasteiger partial charge in [0.25, 0.3) is 0 Å². The molecular formula is C23H29BrN2O4. The van der Waals surface area contributed by atoms with Gasteiger partial charge in [0.1, 0.15) is 11.6 Å². The Morgan fingerprint density at radius 1 is 1.03 bits per heavy atom. The van der Waals surface area contributed by atoms with E-state index >= 15 is 0 Å². The van der Waals surface area contributed by atoms with Crippen LogP contribution in [0.15, 0.2) is 47.5 Å². The lowest BCUT2D eigenvalue weighted by molar-refractivity contribution is 0.100. The van der Waals surface area contributed by atoms with Crippen LogP contribution < -0.4 is 19.1 Å². The third-order valence-electron chi connectivity index (χ3n) is 4.88. The van der Waals surface area contributed by atoms with Crippen molar-refractivity contribution in [1.29, 1.82) is 0 Å². The first kappa shape index (κ1) is 23.7. The van der Waals surface area contributed by atoms with Crippen molar-refractivity contribution in [3.05, 3.63) is 48.0 Å². The molecule has 1 aliphatic rings. The molecule has 0 radical (unpaired) electrons. The first-order valence-electron chi connectivity index (χ1n) is 9.95. The van der Waals surface area contributed by atoms with Crippen LogP contribution in [0.4, 0.5) is 5.69 Å². The number of methoxy groups -OCH3 is 2. The van der Waals surface area contributed by atoms with Crippen molar-refractivity contribution in [2.24, 2.45) is 4.99 Å². The summed E-state index contributed by atoms with van der Waals surface area (Å²) in [5, 5.41) is 0. The lowest BCUT2D eigenvalue weighted by atomic mass is 10.1. The molecule has 3 rings (SSSR count). The van der Waals surface area contributed by atoms with Crippen LogP contribution in [0.2, 0.25) is 0 Å². The van der Waals surface area contributed by atoms with E-state index in [-0.39, 0.29) is 29.3 Å². The number of amidine groups is 1. The van der Waals surface area contributed by atoms with Crippen LogP contribution in [0.5, 0.6) is 17.2 Å². The monoisotopic (exact) mass is 476 g/mol. The van der Waals surface area contributed by atoms with E-state index in [1.165, 1.54) is 0 Å². The van der Waals surface area contributed by atoms with Gasteiger partial charge in [-0.3, -0.25) is 9.79 Å². The number of rotatable bonds is 8. The molecule has 0 fully saturated rings. The number of hydrogen-bond donors (Lipinski definition) is 0. The van der Waals surface area contributed by atoms with Crippen LogP contribution in [0, 0.1) is 0 Å². The molecule has 2 aromatic rings. The second-order valence-electron chi connectivity index (χ2n) is 6.76. The summed E-state index contributed by atoms with van der Waals surface area (Å²) in [6.07, 6.45) is 3.04. The van der Waals surface area contributed by atoms with E-state index in [2.05, 4.69) is 4.99 Å². The third-order valence-corrected chi connectivity index (χ3v) is 4.88. The molecule has 0 aromatic heterocycles. The summed E-state index contributed by atoms with van der Waals surface area (Å²) in [7, 11) is 3.14. The van der Waals surface area contributed by atoms with Gasteiger partial charge in [-0.25, -0.2) is 0 Å². The summed E-state index contributed by atoms with van der Waals surface area (Å²) < 4.78 is 16.2. The number of nitrogens with zero attached hydrogens (tertiary/aromatic N) is 2. The molecule has 6 nitrogen and oxygen atoms in total. The standard InChI is InChI=1S/C23H28N2O4.BrH/c1-4-29-19-11-9-18(10-12-19)25(23-7-5-6-14-24-23)16-20(26)17-8-13-21(27-2)22(15-17)28-3;/h8-13,15H,4-7,14,16H2,1-3H3;1H. The molecule has 0 amide bonds. The minimum Gasteiger partial charge on any atom is -0.494 e. The Labute approximate surface area is 188 Å². The van der Waals surface area contributed by atoms with Gasteiger partial charge in [-0.15, -0.1) is 17.0 Å². The van der Waals surface area contributed by atoms with Crippen molar-refractivity contribution in [3.63, 3.8) is 0 Å². The fraction of sp³-hybridized carbons (Fsp3) is 0.391. The predicted octanol–water partition coefficient (Wildman–Crippen LogP) is 4.95. The summed E-state index contributed by atoms with van der Waals surface area (Å²) in [6, 6.07) is 13.1. The van der Waals surface area contributed by atoms with E-state index < -0.39 is 0 Å². The summed E-state index contributed by atoms with van der Waals surface area (Å²) >= 11 is 0. The molecule has 0 bridgehead atoms. The summed E-state index contributed by atoms with van der Waals surface area (Å²) in [4.78, 5) is 19.8. The Hall–Kier alpha value is -2.54. The van der Waals surface area contributed by atoms with E-state index in [0.29, 0.717) is 23.7 Å². The molecule has 0 spiro atoms. The highest BCUT2D eigenvalue weighted by Crippen LogP contribution is 2.28. The maximum absolute atomic E-state index is 13.1. The predicted molar refractivity (Wildman–Crippen MR) is 125 cm³/mol. The highest BCUT2D eigenvalue weighted by atomic mass is 79.9. The second-order valence-corrected chi connectivity index (χ2v) is 6.76. The molecule has 0 saturated carbocycles. The number of hydrogen-bond acceptors (Lipinski definition) is 6. The van der Waals surface area contributed by atoms with Gasteiger partial charge in [0.05, 0.1) is 27.4 Å². The molecule has 30 heavy (non-hydrogen) atoms. The number of halogens is 1. The first-order chi connectivity index (χ1) is 14.2. The highest BCUT2D eigenvalue weighted by Gasteiger charge is 2.21.